The summed E-state index contributed by atoms with van der Waals surface area (Å²) >= 11 is 0. The van der Waals surface area contributed by atoms with Crippen LogP contribution in [0, 0.1) is 17.7 Å². The fraction of sp³-hybridized carbons (Fsp3) is 0.636. The van der Waals surface area contributed by atoms with Gasteiger partial charge in [0.1, 0.15) is 5.82 Å². The Kier molecular flexibility index (Phi) is 4.36. The highest BCUT2D eigenvalue weighted by atomic mass is 32.2. The molecule has 0 spiro atoms. The summed E-state index contributed by atoms with van der Waals surface area (Å²) in [5.74, 6) is 0.583. The molecule has 0 radical (unpaired) electrons. The SMILES string of the molecule is CCn1cc(S(=O)(=O)NCC(C)(C)C(=N)N)nc1C. The van der Waals surface area contributed by atoms with Gasteiger partial charge in [-0.15, -0.1) is 0 Å². The van der Waals surface area contributed by atoms with Crippen molar-refractivity contribution in [2.75, 3.05) is 6.54 Å². The Morgan fingerprint density at radius 1 is 1.58 bits per heavy atom. The second kappa shape index (κ2) is 5.30. The standard InChI is InChI=1S/C11H21N5O2S/c1-5-16-6-9(15-8(16)2)19(17,18)14-7-11(3,4)10(12)13/h6,14H,5,7H2,1-4H3,(H3,12,13). The molecule has 0 saturated carbocycles. The average molecular weight is 287 g/mol. The molecule has 8 heteroatoms. The van der Waals surface area contributed by atoms with Crippen LogP contribution in [-0.2, 0) is 16.6 Å². The summed E-state index contributed by atoms with van der Waals surface area (Å²) in [7, 11) is -3.67. The molecule has 0 fully saturated rings. The highest BCUT2D eigenvalue weighted by molar-refractivity contribution is 7.89. The Bertz CT molecular complexity index is 574. The van der Waals surface area contributed by atoms with Crippen LogP contribution in [0.15, 0.2) is 11.2 Å². The van der Waals surface area contributed by atoms with Gasteiger partial charge in [0.25, 0.3) is 10.0 Å². The quantitative estimate of drug-likeness (QED) is 0.520. The molecule has 0 aliphatic carbocycles. The smallest absolute Gasteiger partial charge is 0.259 e. The molecule has 0 unspecified atom stereocenters. The number of sulfonamides is 1. The molecule has 7 nitrogen and oxygen atoms in total. The zero-order chi connectivity index (χ0) is 14.8. The van der Waals surface area contributed by atoms with Gasteiger partial charge >= 0.3 is 0 Å². The number of imidazole rings is 1. The minimum absolute atomic E-state index is 0.00815. The van der Waals surface area contributed by atoms with E-state index >= 15 is 0 Å². The van der Waals surface area contributed by atoms with Gasteiger partial charge in [0.2, 0.25) is 0 Å². The molecule has 0 amide bonds. The summed E-state index contributed by atoms with van der Waals surface area (Å²) in [6.07, 6.45) is 1.50. The minimum atomic E-state index is -3.67. The van der Waals surface area contributed by atoms with Crippen molar-refractivity contribution in [2.45, 2.75) is 39.3 Å². The van der Waals surface area contributed by atoms with Gasteiger partial charge in [0, 0.05) is 24.7 Å². The van der Waals surface area contributed by atoms with E-state index in [0.717, 1.165) is 0 Å². The maximum atomic E-state index is 12.1. The maximum Gasteiger partial charge on any atom is 0.259 e. The van der Waals surface area contributed by atoms with Crippen LogP contribution in [-0.4, -0.2) is 30.3 Å². The first-order valence-corrected chi connectivity index (χ1v) is 7.46. The van der Waals surface area contributed by atoms with Crippen LogP contribution in [0.3, 0.4) is 0 Å². The van der Waals surface area contributed by atoms with E-state index in [1.165, 1.54) is 6.20 Å². The topological polar surface area (TPSA) is 114 Å². The Morgan fingerprint density at radius 3 is 2.58 bits per heavy atom. The summed E-state index contributed by atoms with van der Waals surface area (Å²) in [4.78, 5) is 4.03. The molecule has 0 aliphatic rings. The monoisotopic (exact) mass is 287 g/mol. The number of rotatable bonds is 6. The fourth-order valence-electron chi connectivity index (χ4n) is 1.37. The third kappa shape index (κ3) is 3.54. The first kappa shape index (κ1) is 15.6. The molecule has 1 rings (SSSR count). The second-order valence-corrected chi connectivity index (χ2v) is 6.75. The van der Waals surface area contributed by atoms with E-state index in [1.807, 2.05) is 6.92 Å². The summed E-state index contributed by atoms with van der Waals surface area (Å²) in [5, 5.41) is 7.39. The van der Waals surface area contributed by atoms with Crippen LogP contribution >= 0.6 is 0 Å². The van der Waals surface area contributed by atoms with Crippen LogP contribution in [0.5, 0.6) is 0 Å². The van der Waals surface area contributed by atoms with Gasteiger partial charge in [-0.05, 0) is 13.8 Å². The lowest BCUT2D eigenvalue weighted by molar-refractivity contribution is 0.492. The summed E-state index contributed by atoms with van der Waals surface area (Å²) in [6.45, 7) is 7.79. The molecule has 1 aromatic heterocycles. The number of aryl methyl sites for hydroxylation is 2. The Hall–Kier alpha value is -1.41. The van der Waals surface area contributed by atoms with Crippen molar-refractivity contribution in [3.8, 4) is 0 Å². The number of hydrogen-bond acceptors (Lipinski definition) is 4. The molecule has 19 heavy (non-hydrogen) atoms. The fourth-order valence-corrected chi connectivity index (χ4v) is 2.59. The number of nitrogens with one attached hydrogen (secondary N) is 2. The predicted molar refractivity (Wildman–Crippen MR) is 73.5 cm³/mol. The third-order valence-corrected chi connectivity index (χ3v) is 4.27. The van der Waals surface area contributed by atoms with E-state index in [4.69, 9.17) is 11.1 Å². The van der Waals surface area contributed by atoms with E-state index in [1.54, 1.807) is 25.3 Å². The number of nitrogens with zero attached hydrogens (tertiary/aromatic N) is 2. The van der Waals surface area contributed by atoms with Gasteiger partial charge in [-0.25, -0.2) is 18.1 Å². The summed E-state index contributed by atoms with van der Waals surface area (Å²) < 4.78 is 28.4. The van der Waals surface area contributed by atoms with Crippen molar-refractivity contribution in [1.29, 1.82) is 5.41 Å². The number of aromatic nitrogens is 2. The van der Waals surface area contributed by atoms with Crippen LogP contribution in [0.2, 0.25) is 0 Å². The van der Waals surface area contributed by atoms with Gasteiger partial charge in [0.15, 0.2) is 5.03 Å². The summed E-state index contributed by atoms with van der Waals surface area (Å²) in [6, 6.07) is 0. The molecular formula is C11H21N5O2S. The van der Waals surface area contributed by atoms with Crippen LogP contribution in [0.4, 0.5) is 0 Å². The van der Waals surface area contributed by atoms with Crippen molar-refractivity contribution in [2.24, 2.45) is 11.1 Å². The summed E-state index contributed by atoms with van der Waals surface area (Å²) in [5.41, 5.74) is 4.69. The highest BCUT2D eigenvalue weighted by Gasteiger charge is 2.26. The molecule has 0 atom stereocenters. The molecule has 108 valence electrons. The zero-order valence-corrected chi connectivity index (χ0v) is 12.5. The van der Waals surface area contributed by atoms with Crippen LogP contribution < -0.4 is 10.5 Å². The number of amidine groups is 1. The average Bonchev–Trinajstić information content (AvgIpc) is 2.69. The minimum Gasteiger partial charge on any atom is -0.387 e. The number of hydrogen-bond donors (Lipinski definition) is 3. The van der Waals surface area contributed by atoms with Gasteiger partial charge in [-0.2, -0.15) is 0 Å². The second-order valence-electron chi connectivity index (χ2n) is 5.03. The largest absolute Gasteiger partial charge is 0.387 e. The van der Waals surface area contributed by atoms with Gasteiger partial charge in [-0.1, -0.05) is 13.8 Å². The van der Waals surface area contributed by atoms with Crippen molar-refractivity contribution in [1.82, 2.24) is 14.3 Å². The normalized spacial score (nSPS) is 12.6. The van der Waals surface area contributed by atoms with E-state index in [0.29, 0.717) is 12.4 Å². The van der Waals surface area contributed by atoms with Gasteiger partial charge in [-0.3, -0.25) is 5.41 Å². The van der Waals surface area contributed by atoms with Crippen molar-refractivity contribution >= 4 is 15.9 Å². The molecule has 0 bridgehead atoms. The van der Waals surface area contributed by atoms with E-state index in [9.17, 15) is 8.42 Å². The van der Waals surface area contributed by atoms with Gasteiger partial charge in [0.05, 0.1) is 5.84 Å². The van der Waals surface area contributed by atoms with Crippen LogP contribution in [0.25, 0.3) is 0 Å². The van der Waals surface area contributed by atoms with Crippen LogP contribution in [0.1, 0.15) is 26.6 Å². The maximum absolute atomic E-state index is 12.1. The van der Waals surface area contributed by atoms with E-state index in [-0.39, 0.29) is 17.4 Å². The number of nitrogens with two attached hydrogens (primary N) is 1. The predicted octanol–water partition coefficient (Wildman–Crippen LogP) is 0.452. The third-order valence-electron chi connectivity index (χ3n) is 3.00. The van der Waals surface area contributed by atoms with Crippen molar-refractivity contribution in [3.05, 3.63) is 12.0 Å². The molecule has 4 N–H and O–H groups in total. The highest BCUT2D eigenvalue weighted by Crippen LogP contribution is 2.15. The first-order chi connectivity index (χ1) is 8.60. The lowest BCUT2D eigenvalue weighted by Gasteiger charge is -2.22. The Balaban J connectivity index is 2.90. The molecule has 0 aliphatic heterocycles. The molecule has 1 aromatic rings. The van der Waals surface area contributed by atoms with E-state index in [2.05, 4.69) is 9.71 Å². The lowest BCUT2D eigenvalue weighted by Crippen LogP contribution is -2.42. The lowest BCUT2D eigenvalue weighted by atomic mass is 9.93. The van der Waals surface area contributed by atoms with Gasteiger partial charge < -0.3 is 10.3 Å². The molecule has 0 saturated heterocycles. The first-order valence-electron chi connectivity index (χ1n) is 5.98. The molecular weight excluding hydrogens is 266 g/mol. The van der Waals surface area contributed by atoms with Crippen molar-refractivity contribution in [3.63, 3.8) is 0 Å². The molecule has 0 aromatic carbocycles. The molecule has 1 heterocycles. The Labute approximate surface area is 113 Å². The van der Waals surface area contributed by atoms with Crippen molar-refractivity contribution < 1.29 is 8.42 Å². The zero-order valence-electron chi connectivity index (χ0n) is 11.7. The van der Waals surface area contributed by atoms with E-state index < -0.39 is 15.4 Å². The Morgan fingerprint density at radius 2 is 2.16 bits per heavy atom.